The predicted molar refractivity (Wildman–Crippen MR) is 143 cm³/mol. The topological polar surface area (TPSA) is 162 Å². The molecule has 0 unspecified atom stereocenters. The summed E-state index contributed by atoms with van der Waals surface area (Å²) in [6, 6.07) is 13.6. The molecule has 3 heterocycles. The first-order valence-corrected chi connectivity index (χ1v) is 12.6. The van der Waals surface area contributed by atoms with Gasteiger partial charge in [0.2, 0.25) is 0 Å². The van der Waals surface area contributed by atoms with Gasteiger partial charge in [-0.2, -0.15) is 0 Å². The van der Waals surface area contributed by atoms with Crippen molar-refractivity contribution >= 4 is 22.9 Å². The molecule has 2 aromatic heterocycles. The molecule has 13 nitrogen and oxygen atoms in total. The van der Waals surface area contributed by atoms with E-state index in [4.69, 9.17) is 18.9 Å². The molecule has 1 saturated heterocycles. The molecule has 0 radical (unpaired) electrons. The lowest BCUT2D eigenvalue weighted by molar-refractivity contribution is -0.125. The lowest BCUT2D eigenvalue weighted by Crippen LogP contribution is -2.48. The molecule has 0 spiro atoms. The Morgan fingerprint density at radius 3 is 2.62 bits per heavy atom. The Morgan fingerprint density at radius 2 is 1.88 bits per heavy atom. The number of nitrogens with one attached hydrogen (secondary N) is 2. The quantitative estimate of drug-likeness (QED) is 0.213. The molecule has 0 bridgehead atoms. The van der Waals surface area contributed by atoms with E-state index in [1.54, 1.807) is 43.1 Å². The van der Waals surface area contributed by atoms with E-state index in [0.717, 1.165) is 5.56 Å². The van der Waals surface area contributed by atoms with Crippen molar-refractivity contribution in [2.24, 2.45) is 0 Å². The highest BCUT2D eigenvalue weighted by Crippen LogP contribution is 2.33. The minimum atomic E-state index is -1.18. The van der Waals surface area contributed by atoms with E-state index >= 15 is 0 Å². The fourth-order valence-electron chi connectivity index (χ4n) is 4.53. The van der Waals surface area contributed by atoms with Crippen LogP contribution in [0.5, 0.6) is 17.2 Å². The van der Waals surface area contributed by atoms with Crippen LogP contribution in [0.25, 0.3) is 11.2 Å². The number of anilines is 1. The molecule has 0 aliphatic carbocycles. The highest BCUT2D eigenvalue weighted by molar-refractivity contribution is 5.83. The number of methoxy groups -OCH3 is 2. The van der Waals surface area contributed by atoms with Crippen LogP contribution in [0.3, 0.4) is 0 Å². The average Bonchev–Trinajstić information content (AvgIpc) is 3.56. The van der Waals surface area contributed by atoms with E-state index in [2.05, 4.69) is 25.6 Å². The summed E-state index contributed by atoms with van der Waals surface area (Å²) < 4.78 is 23.7. The number of carbonyl (C=O) groups excluding carboxylic acids is 1. The Kier molecular flexibility index (Phi) is 8.24. The molecule has 4 atom stereocenters. The van der Waals surface area contributed by atoms with Crippen molar-refractivity contribution in [3.8, 4) is 17.2 Å². The largest absolute Gasteiger partial charge is 0.493 e. The van der Waals surface area contributed by atoms with E-state index in [9.17, 15) is 15.0 Å². The second-order valence-corrected chi connectivity index (χ2v) is 9.02. The fraction of sp³-hybridized carbons (Fsp3) is 0.333. The zero-order valence-electron chi connectivity index (χ0n) is 21.9. The summed E-state index contributed by atoms with van der Waals surface area (Å²) in [6.07, 6.45) is -0.123. The van der Waals surface area contributed by atoms with Gasteiger partial charge in [-0.15, -0.1) is 0 Å². The van der Waals surface area contributed by atoms with Gasteiger partial charge in [0, 0.05) is 6.54 Å². The van der Waals surface area contributed by atoms with Crippen LogP contribution in [0.15, 0.2) is 61.2 Å². The molecule has 4 N–H and O–H groups in total. The van der Waals surface area contributed by atoms with Crippen molar-refractivity contribution < 1.29 is 34.0 Å². The van der Waals surface area contributed by atoms with Gasteiger partial charge < -0.3 is 39.8 Å². The zero-order chi connectivity index (χ0) is 28.1. The van der Waals surface area contributed by atoms with Gasteiger partial charge in [-0.1, -0.05) is 24.3 Å². The minimum Gasteiger partial charge on any atom is -0.493 e. The summed E-state index contributed by atoms with van der Waals surface area (Å²) in [5, 5.41) is 26.6. The highest BCUT2D eigenvalue weighted by atomic mass is 16.5. The molecule has 1 fully saturated rings. The van der Waals surface area contributed by atoms with Crippen LogP contribution < -0.4 is 24.8 Å². The van der Waals surface area contributed by atoms with Crippen molar-refractivity contribution in [2.75, 3.05) is 32.8 Å². The Balaban J connectivity index is 1.33. The van der Waals surface area contributed by atoms with Crippen LogP contribution >= 0.6 is 0 Å². The van der Waals surface area contributed by atoms with Gasteiger partial charge in [-0.25, -0.2) is 15.0 Å². The number of fused-ring (bicyclic) bond motifs is 1. The third-order valence-electron chi connectivity index (χ3n) is 6.53. The first-order valence-electron chi connectivity index (χ1n) is 12.6. The molecule has 1 aliphatic heterocycles. The summed E-state index contributed by atoms with van der Waals surface area (Å²) in [7, 11) is 3.15. The SMILES string of the molecule is COc1ccc(CNc2ncnc3c2ncn3[C@@H]2O[C@H](CO)[C@@H](O)[C@H]2NC(=O)COc2ccccc2)cc1OC. The molecule has 1 amide bonds. The zero-order valence-corrected chi connectivity index (χ0v) is 21.9. The second kappa shape index (κ2) is 12.2. The van der Waals surface area contributed by atoms with Gasteiger partial charge in [0.05, 0.1) is 27.2 Å². The van der Waals surface area contributed by atoms with Crippen molar-refractivity contribution in [2.45, 2.75) is 31.0 Å². The van der Waals surface area contributed by atoms with Gasteiger partial charge in [-0.05, 0) is 29.8 Å². The standard InChI is InChI=1S/C27H30N6O7/c1-37-18-9-8-16(10-19(18)38-2)11-28-25-23-26(30-14-29-25)33(15-31-23)27-22(24(36)20(12-34)40-27)32-21(35)13-39-17-6-4-3-5-7-17/h3-10,14-15,20,22,24,27,34,36H,11-13H2,1-2H3,(H,32,35)(H,28,29,30)/t20-,22-,24-,27-/m1/s1. The first-order chi connectivity index (χ1) is 19.5. The smallest absolute Gasteiger partial charge is 0.258 e. The van der Waals surface area contributed by atoms with Gasteiger partial charge >= 0.3 is 0 Å². The number of ether oxygens (including phenoxy) is 4. The van der Waals surface area contributed by atoms with Gasteiger partial charge in [0.15, 0.2) is 41.3 Å². The molecular formula is C27H30N6O7. The van der Waals surface area contributed by atoms with Crippen molar-refractivity contribution in [3.05, 3.63) is 66.7 Å². The third kappa shape index (κ3) is 5.61. The van der Waals surface area contributed by atoms with E-state index < -0.39 is 37.0 Å². The maximum absolute atomic E-state index is 12.7. The maximum Gasteiger partial charge on any atom is 0.258 e. The van der Waals surface area contributed by atoms with Crippen LogP contribution in [-0.2, 0) is 16.1 Å². The number of carbonyl (C=O) groups is 1. The van der Waals surface area contributed by atoms with Crippen molar-refractivity contribution in [1.29, 1.82) is 0 Å². The second-order valence-electron chi connectivity index (χ2n) is 9.02. The number of benzene rings is 2. The van der Waals surface area contributed by atoms with E-state index in [1.165, 1.54) is 12.7 Å². The van der Waals surface area contributed by atoms with E-state index in [-0.39, 0.29) is 6.61 Å². The normalized spacial score (nSPS) is 20.3. The number of amides is 1. The van der Waals surface area contributed by atoms with Gasteiger partial charge in [-0.3, -0.25) is 9.36 Å². The van der Waals surface area contributed by atoms with Crippen LogP contribution in [-0.4, -0.2) is 81.3 Å². The first kappa shape index (κ1) is 27.1. The van der Waals surface area contributed by atoms with Crippen LogP contribution in [0, 0.1) is 0 Å². The predicted octanol–water partition coefficient (Wildman–Crippen LogP) is 1.27. The van der Waals surface area contributed by atoms with Gasteiger partial charge in [0.1, 0.15) is 30.3 Å². The number of rotatable bonds is 11. The molecule has 2 aromatic carbocycles. The molecule has 210 valence electrons. The minimum absolute atomic E-state index is 0.263. The van der Waals surface area contributed by atoms with Crippen molar-refractivity contribution in [3.63, 3.8) is 0 Å². The Hall–Kier alpha value is -4.46. The molecule has 0 saturated carbocycles. The molecule has 40 heavy (non-hydrogen) atoms. The number of aromatic nitrogens is 4. The molecule has 4 aromatic rings. The number of hydrogen-bond acceptors (Lipinski definition) is 11. The third-order valence-corrected chi connectivity index (χ3v) is 6.53. The van der Waals surface area contributed by atoms with Crippen molar-refractivity contribution in [1.82, 2.24) is 24.8 Å². The Morgan fingerprint density at radius 1 is 1.07 bits per heavy atom. The Bertz CT molecular complexity index is 1450. The maximum atomic E-state index is 12.7. The number of imidazole rings is 1. The summed E-state index contributed by atoms with van der Waals surface area (Å²) in [5.41, 5.74) is 1.81. The van der Waals surface area contributed by atoms with Gasteiger partial charge in [0.25, 0.3) is 5.91 Å². The number of aliphatic hydroxyl groups excluding tert-OH is 2. The van der Waals surface area contributed by atoms with Crippen LogP contribution in [0.1, 0.15) is 11.8 Å². The van der Waals surface area contributed by atoms with E-state index in [0.29, 0.717) is 40.8 Å². The number of hydrogen-bond donors (Lipinski definition) is 4. The molecular weight excluding hydrogens is 520 g/mol. The highest BCUT2D eigenvalue weighted by Gasteiger charge is 2.45. The molecule has 5 rings (SSSR count). The summed E-state index contributed by atoms with van der Waals surface area (Å²) in [4.78, 5) is 25.9. The number of nitrogens with zero attached hydrogens (tertiary/aromatic N) is 4. The Labute approximate surface area is 229 Å². The fourth-order valence-corrected chi connectivity index (χ4v) is 4.53. The summed E-state index contributed by atoms with van der Waals surface area (Å²) >= 11 is 0. The lowest BCUT2D eigenvalue weighted by Gasteiger charge is -2.23. The van der Waals surface area contributed by atoms with E-state index in [1.807, 2.05) is 24.3 Å². The molecule has 1 aliphatic rings. The van der Waals surface area contributed by atoms with Crippen LogP contribution in [0.4, 0.5) is 5.82 Å². The monoisotopic (exact) mass is 550 g/mol. The number of aliphatic hydroxyl groups is 2. The number of para-hydroxylation sites is 1. The average molecular weight is 551 g/mol. The summed E-state index contributed by atoms with van der Waals surface area (Å²) in [5.74, 6) is 1.79. The molecule has 13 heteroatoms. The van der Waals surface area contributed by atoms with Crippen LogP contribution in [0.2, 0.25) is 0 Å². The summed E-state index contributed by atoms with van der Waals surface area (Å²) in [6.45, 7) is -0.282. The lowest BCUT2D eigenvalue weighted by atomic mass is 10.1.